The first kappa shape index (κ1) is 19.2. The highest BCUT2D eigenvalue weighted by molar-refractivity contribution is 8.00. The molecular formula is C18H15N3O3S4. The molecular weight excluding hydrogens is 434 g/mol. The first-order valence-electron chi connectivity index (χ1n) is 8.24. The Kier molecular flexibility index (Phi) is 5.54. The van der Waals surface area contributed by atoms with Crippen LogP contribution in [0.15, 0.2) is 68.7 Å². The number of amides is 1. The SMILES string of the molecule is O=C(CSc1nc2ccccc2n1S(=O)(=O)c1cccs1)NCc1cccs1. The molecule has 10 heteroatoms. The van der Waals surface area contributed by atoms with E-state index < -0.39 is 10.0 Å². The topological polar surface area (TPSA) is 81.1 Å². The van der Waals surface area contributed by atoms with Crippen molar-refractivity contribution in [3.8, 4) is 0 Å². The molecule has 3 heterocycles. The van der Waals surface area contributed by atoms with E-state index in [0.717, 1.165) is 28.0 Å². The second-order valence-corrected chi connectivity index (χ2v) is 10.7. The Morgan fingerprint density at radius 2 is 1.86 bits per heavy atom. The van der Waals surface area contributed by atoms with Crippen LogP contribution in [0.5, 0.6) is 0 Å². The number of hydrogen-bond acceptors (Lipinski definition) is 7. The number of para-hydroxylation sites is 2. The van der Waals surface area contributed by atoms with Gasteiger partial charge < -0.3 is 5.32 Å². The van der Waals surface area contributed by atoms with E-state index in [0.29, 0.717) is 17.6 Å². The summed E-state index contributed by atoms with van der Waals surface area (Å²) in [5.41, 5.74) is 1.07. The minimum atomic E-state index is -3.78. The zero-order valence-corrected chi connectivity index (χ0v) is 17.7. The largest absolute Gasteiger partial charge is 0.350 e. The summed E-state index contributed by atoms with van der Waals surface area (Å²) in [6.45, 7) is 0.459. The van der Waals surface area contributed by atoms with Gasteiger partial charge in [-0.1, -0.05) is 36.0 Å². The Hall–Kier alpha value is -2.14. The van der Waals surface area contributed by atoms with Crippen molar-refractivity contribution in [1.82, 2.24) is 14.3 Å². The summed E-state index contributed by atoms with van der Waals surface area (Å²) in [5.74, 6) is -0.0974. The predicted molar refractivity (Wildman–Crippen MR) is 114 cm³/mol. The van der Waals surface area contributed by atoms with Crippen molar-refractivity contribution in [2.24, 2.45) is 0 Å². The molecule has 28 heavy (non-hydrogen) atoms. The first-order valence-corrected chi connectivity index (χ1v) is 12.4. The molecule has 144 valence electrons. The van der Waals surface area contributed by atoms with Gasteiger partial charge in [0.25, 0.3) is 10.0 Å². The third-order valence-electron chi connectivity index (χ3n) is 3.85. The smallest absolute Gasteiger partial charge is 0.279 e. The van der Waals surface area contributed by atoms with Crippen LogP contribution in [0.3, 0.4) is 0 Å². The molecule has 3 aromatic heterocycles. The van der Waals surface area contributed by atoms with Gasteiger partial charge in [0.1, 0.15) is 4.21 Å². The van der Waals surface area contributed by atoms with E-state index in [1.54, 1.807) is 53.1 Å². The van der Waals surface area contributed by atoms with Crippen molar-refractivity contribution in [3.05, 3.63) is 64.2 Å². The minimum Gasteiger partial charge on any atom is -0.350 e. The fraction of sp³-hybridized carbons (Fsp3) is 0.111. The van der Waals surface area contributed by atoms with Crippen molar-refractivity contribution in [2.45, 2.75) is 15.9 Å². The third-order valence-corrected chi connectivity index (χ3v) is 8.86. The molecule has 0 saturated carbocycles. The van der Waals surface area contributed by atoms with Gasteiger partial charge in [-0.2, -0.15) is 8.42 Å². The molecule has 0 atom stereocenters. The Morgan fingerprint density at radius 1 is 1.07 bits per heavy atom. The van der Waals surface area contributed by atoms with Gasteiger partial charge in [0.2, 0.25) is 5.91 Å². The number of fused-ring (bicyclic) bond motifs is 1. The predicted octanol–water partition coefficient (Wildman–Crippen LogP) is 3.80. The number of thiophene rings is 2. The van der Waals surface area contributed by atoms with Crippen LogP contribution in [-0.2, 0) is 21.4 Å². The Bertz CT molecular complexity index is 1200. The molecule has 4 aromatic rings. The van der Waals surface area contributed by atoms with Crippen molar-refractivity contribution in [3.63, 3.8) is 0 Å². The number of benzene rings is 1. The maximum Gasteiger partial charge on any atom is 0.279 e. The number of carbonyl (C=O) groups is 1. The van der Waals surface area contributed by atoms with Gasteiger partial charge in [-0.05, 0) is 35.0 Å². The van der Waals surface area contributed by atoms with Crippen LogP contribution in [0.4, 0.5) is 0 Å². The van der Waals surface area contributed by atoms with Gasteiger partial charge in [-0.25, -0.2) is 8.96 Å². The van der Waals surface area contributed by atoms with Crippen LogP contribution in [0.25, 0.3) is 11.0 Å². The lowest BCUT2D eigenvalue weighted by Crippen LogP contribution is -2.24. The van der Waals surface area contributed by atoms with E-state index in [4.69, 9.17) is 0 Å². The molecule has 1 aromatic carbocycles. The average Bonchev–Trinajstić information content (AvgIpc) is 3.45. The summed E-state index contributed by atoms with van der Waals surface area (Å²) in [4.78, 5) is 17.7. The fourth-order valence-electron chi connectivity index (χ4n) is 2.59. The summed E-state index contributed by atoms with van der Waals surface area (Å²) in [7, 11) is -3.78. The van der Waals surface area contributed by atoms with E-state index in [1.807, 2.05) is 17.5 Å². The molecule has 4 rings (SSSR count). The van der Waals surface area contributed by atoms with Gasteiger partial charge in [0.15, 0.2) is 5.16 Å². The van der Waals surface area contributed by atoms with Crippen molar-refractivity contribution in [2.75, 3.05) is 5.75 Å². The number of hydrogen-bond donors (Lipinski definition) is 1. The quantitative estimate of drug-likeness (QED) is 0.434. The maximum atomic E-state index is 13.1. The van der Waals surface area contributed by atoms with Crippen LogP contribution in [0.2, 0.25) is 0 Å². The summed E-state index contributed by atoms with van der Waals surface area (Å²) in [6, 6.07) is 14.2. The lowest BCUT2D eigenvalue weighted by Gasteiger charge is -2.09. The fourth-order valence-corrected chi connectivity index (χ4v) is 6.84. The molecule has 0 fully saturated rings. The van der Waals surface area contributed by atoms with E-state index >= 15 is 0 Å². The van der Waals surface area contributed by atoms with Gasteiger partial charge in [0.05, 0.1) is 23.3 Å². The molecule has 1 N–H and O–H groups in total. The molecule has 6 nitrogen and oxygen atoms in total. The lowest BCUT2D eigenvalue weighted by molar-refractivity contribution is -0.118. The standard InChI is InChI=1S/C18H15N3O3S4/c22-16(19-11-13-5-3-9-25-13)12-27-18-20-14-6-1-2-7-15(14)21(18)28(23,24)17-8-4-10-26-17/h1-10H,11-12H2,(H,19,22). The van der Waals surface area contributed by atoms with Crippen LogP contribution in [0.1, 0.15) is 4.88 Å². The zero-order chi connectivity index (χ0) is 19.6. The van der Waals surface area contributed by atoms with Gasteiger partial charge in [-0.3, -0.25) is 4.79 Å². The molecule has 0 aliphatic heterocycles. The van der Waals surface area contributed by atoms with Crippen LogP contribution < -0.4 is 5.32 Å². The van der Waals surface area contributed by atoms with Crippen molar-refractivity contribution < 1.29 is 13.2 Å². The highest BCUT2D eigenvalue weighted by Crippen LogP contribution is 2.30. The molecule has 0 saturated heterocycles. The summed E-state index contributed by atoms with van der Waals surface area (Å²) in [5, 5.41) is 6.79. The van der Waals surface area contributed by atoms with E-state index in [1.165, 1.54) is 3.97 Å². The third kappa shape index (κ3) is 3.86. The Balaban J connectivity index is 1.59. The number of imidazole rings is 1. The maximum absolute atomic E-state index is 13.1. The number of carbonyl (C=O) groups excluding carboxylic acids is 1. The highest BCUT2D eigenvalue weighted by atomic mass is 32.2. The normalized spacial score (nSPS) is 11.7. The van der Waals surface area contributed by atoms with E-state index in [9.17, 15) is 13.2 Å². The highest BCUT2D eigenvalue weighted by Gasteiger charge is 2.25. The number of rotatable bonds is 7. The minimum absolute atomic E-state index is 0.0780. The average molecular weight is 450 g/mol. The van der Waals surface area contributed by atoms with E-state index in [-0.39, 0.29) is 21.0 Å². The van der Waals surface area contributed by atoms with Crippen molar-refractivity contribution >= 4 is 61.4 Å². The molecule has 1 amide bonds. The molecule has 0 radical (unpaired) electrons. The van der Waals surface area contributed by atoms with E-state index in [2.05, 4.69) is 10.3 Å². The summed E-state index contributed by atoms with van der Waals surface area (Å²) >= 11 is 3.83. The van der Waals surface area contributed by atoms with Gasteiger partial charge in [-0.15, -0.1) is 22.7 Å². The summed E-state index contributed by atoms with van der Waals surface area (Å²) in [6.07, 6.45) is 0. The number of aromatic nitrogens is 2. The lowest BCUT2D eigenvalue weighted by atomic mass is 10.3. The van der Waals surface area contributed by atoms with Crippen LogP contribution in [-0.4, -0.2) is 29.0 Å². The van der Waals surface area contributed by atoms with Crippen LogP contribution in [0, 0.1) is 0 Å². The Morgan fingerprint density at radius 3 is 2.61 bits per heavy atom. The first-order chi connectivity index (χ1) is 13.6. The second kappa shape index (κ2) is 8.08. The summed E-state index contributed by atoms with van der Waals surface area (Å²) < 4.78 is 27.7. The molecule has 0 unspecified atom stereocenters. The molecule has 0 aliphatic carbocycles. The monoisotopic (exact) mass is 449 g/mol. The molecule has 0 aliphatic rings. The number of nitrogens with one attached hydrogen (secondary N) is 1. The van der Waals surface area contributed by atoms with Crippen LogP contribution >= 0.6 is 34.4 Å². The second-order valence-electron chi connectivity index (χ2n) is 5.73. The Labute approximate surface area is 174 Å². The molecule has 0 bridgehead atoms. The molecule has 0 spiro atoms. The van der Waals surface area contributed by atoms with Gasteiger partial charge in [0, 0.05) is 4.88 Å². The van der Waals surface area contributed by atoms with Crippen molar-refractivity contribution in [1.29, 1.82) is 0 Å². The number of thioether (sulfide) groups is 1. The van der Waals surface area contributed by atoms with Gasteiger partial charge >= 0.3 is 0 Å². The zero-order valence-electron chi connectivity index (χ0n) is 14.4. The number of nitrogens with zero attached hydrogens (tertiary/aromatic N) is 2.